The minimum absolute atomic E-state index is 0.00974. The van der Waals surface area contributed by atoms with E-state index in [1.165, 1.54) is 18.4 Å². The number of ether oxygens (including phenoxy) is 1. The lowest BCUT2D eigenvalue weighted by atomic mass is 9.97. The number of methoxy groups -OCH3 is 1. The van der Waals surface area contributed by atoms with Crippen LogP contribution in [0.1, 0.15) is 24.0 Å². The van der Waals surface area contributed by atoms with E-state index in [0.29, 0.717) is 11.7 Å². The van der Waals surface area contributed by atoms with Crippen molar-refractivity contribution < 1.29 is 9.84 Å². The molecular formula is C20H25N5O2S. The Balaban J connectivity index is 1.37. The zero-order chi connectivity index (χ0) is 19.3. The molecule has 148 valence electrons. The third-order valence-electron chi connectivity index (χ3n) is 5.14. The Morgan fingerprint density at radius 1 is 1.32 bits per heavy atom. The molecule has 3 heterocycles. The molecular weight excluding hydrogens is 374 g/mol. The first kappa shape index (κ1) is 19.0. The van der Waals surface area contributed by atoms with Crippen molar-refractivity contribution in [3.05, 3.63) is 46.8 Å². The lowest BCUT2D eigenvalue weighted by Crippen LogP contribution is -2.36. The van der Waals surface area contributed by atoms with Crippen LogP contribution in [0, 0.1) is 5.92 Å². The zero-order valence-corrected chi connectivity index (χ0v) is 16.8. The number of aromatic nitrogens is 4. The molecule has 1 aromatic carbocycles. The average molecular weight is 400 g/mol. The minimum atomic E-state index is -0.00974. The second-order valence-electron chi connectivity index (χ2n) is 7.19. The molecule has 3 aromatic rings. The van der Waals surface area contributed by atoms with E-state index in [-0.39, 0.29) is 6.61 Å². The van der Waals surface area contributed by atoms with Crippen molar-refractivity contribution in [1.82, 2.24) is 25.1 Å². The van der Waals surface area contributed by atoms with E-state index in [2.05, 4.69) is 26.4 Å². The summed E-state index contributed by atoms with van der Waals surface area (Å²) < 4.78 is 5.30. The van der Waals surface area contributed by atoms with Gasteiger partial charge in [-0.05, 0) is 59.7 Å². The molecule has 1 fully saturated rings. The summed E-state index contributed by atoms with van der Waals surface area (Å²) in [6.07, 6.45) is 2.34. The molecule has 1 aliphatic heterocycles. The van der Waals surface area contributed by atoms with Gasteiger partial charge in [0.1, 0.15) is 5.75 Å². The highest BCUT2D eigenvalue weighted by atomic mass is 32.1. The number of benzene rings is 1. The maximum absolute atomic E-state index is 9.54. The molecule has 0 radical (unpaired) electrons. The second-order valence-corrected chi connectivity index (χ2v) is 8.14. The quantitative estimate of drug-likeness (QED) is 0.658. The van der Waals surface area contributed by atoms with Crippen LogP contribution in [0.3, 0.4) is 0 Å². The number of hydrogen-bond acceptors (Lipinski definition) is 7. The molecule has 0 bridgehead atoms. The number of thiophene rings is 1. The summed E-state index contributed by atoms with van der Waals surface area (Å²) >= 11 is 1.63. The molecule has 1 atom stereocenters. The fourth-order valence-corrected chi connectivity index (χ4v) is 4.46. The lowest BCUT2D eigenvalue weighted by Gasteiger charge is -2.32. The van der Waals surface area contributed by atoms with Crippen molar-refractivity contribution in [2.75, 3.05) is 20.2 Å². The van der Waals surface area contributed by atoms with Gasteiger partial charge in [-0.3, -0.25) is 4.90 Å². The van der Waals surface area contributed by atoms with Crippen molar-refractivity contribution >= 4 is 11.3 Å². The van der Waals surface area contributed by atoms with Crippen LogP contribution >= 0.6 is 11.3 Å². The van der Waals surface area contributed by atoms with Gasteiger partial charge < -0.3 is 9.84 Å². The summed E-state index contributed by atoms with van der Waals surface area (Å²) in [4.78, 5) is 5.25. The van der Waals surface area contributed by atoms with Crippen LogP contribution in [0.4, 0.5) is 0 Å². The van der Waals surface area contributed by atoms with Gasteiger partial charge in [0.15, 0.2) is 0 Å². The maximum Gasteiger partial charge on any atom is 0.214 e. The van der Waals surface area contributed by atoms with Gasteiger partial charge in [0.05, 0.1) is 25.1 Å². The van der Waals surface area contributed by atoms with E-state index in [9.17, 15) is 5.11 Å². The number of rotatable bonds is 7. The van der Waals surface area contributed by atoms with E-state index >= 15 is 0 Å². The molecule has 0 aliphatic carbocycles. The predicted molar refractivity (Wildman–Crippen MR) is 108 cm³/mol. The Morgan fingerprint density at radius 3 is 3.04 bits per heavy atom. The molecule has 2 aromatic heterocycles. The van der Waals surface area contributed by atoms with Crippen molar-refractivity contribution in [3.63, 3.8) is 0 Å². The zero-order valence-electron chi connectivity index (χ0n) is 16.0. The largest absolute Gasteiger partial charge is 0.496 e. The monoisotopic (exact) mass is 399 g/mol. The molecule has 0 saturated carbocycles. The first-order chi connectivity index (χ1) is 13.7. The Morgan fingerprint density at radius 2 is 2.25 bits per heavy atom. The van der Waals surface area contributed by atoms with Gasteiger partial charge in [0, 0.05) is 18.7 Å². The lowest BCUT2D eigenvalue weighted by molar-refractivity contribution is 0.149. The third kappa shape index (κ3) is 4.40. The molecule has 0 spiro atoms. The average Bonchev–Trinajstić information content (AvgIpc) is 3.40. The molecule has 0 amide bonds. The molecule has 28 heavy (non-hydrogen) atoms. The Bertz CT molecular complexity index is 896. The summed E-state index contributed by atoms with van der Waals surface area (Å²) in [5.74, 6) is 1.95. The highest BCUT2D eigenvalue weighted by molar-refractivity contribution is 7.13. The van der Waals surface area contributed by atoms with E-state index in [1.54, 1.807) is 23.2 Å². The Labute approximate surface area is 168 Å². The minimum Gasteiger partial charge on any atom is -0.496 e. The molecule has 1 saturated heterocycles. The Hall–Kier alpha value is -2.29. The van der Waals surface area contributed by atoms with Crippen LogP contribution in [0.2, 0.25) is 0 Å². The number of likely N-dealkylation sites (tertiary alicyclic amines) is 1. The summed E-state index contributed by atoms with van der Waals surface area (Å²) in [6.45, 7) is 3.75. The summed E-state index contributed by atoms with van der Waals surface area (Å²) in [7, 11) is 1.63. The molecule has 8 heteroatoms. The van der Waals surface area contributed by atoms with Crippen molar-refractivity contribution in [2.45, 2.75) is 32.5 Å². The van der Waals surface area contributed by atoms with Crippen LogP contribution in [0.25, 0.3) is 10.7 Å². The molecule has 0 unspecified atom stereocenters. The number of nitrogens with zero attached hydrogens (tertiary/aromatic N) is 5. The smallest absolute Gasteiger partial charge is 0.214 e. The standard InChI is InChI=1S/C20H25N5O2S/c1-27-18-7-6-15(10-17(18)14-26)11-24-8-2-4-16(12-24)13-25-22-20(21-23-25)19-5-3-9-28-19/h3,5-7,9-10,16,26H,2,4,8,11-14H2,1H3/t16-/m1/s1. The number of aliphatic hydroxyl groups excluding tert-OH is 1. The van der Waals surface area contributed by atoms with Crippen molar-refractivity contribution in [1.29, 1.82) is 0 Å². The van der Waals surface area contributed by atoms with Gasteiger partial charge in [-0.1, -0.05) is 12.1 Å². The van der Waals surface area contributed by atoms with Gasteiger partial charge in [0.2, 0.25) is 5.82 Å². The van der Waals surface area contributed by atoms with Gasteiger partial charge in [-0.25, -0.2) is 0 Å². The highest BCUT2D eigenvalue weighted by Crippen LogP contribution is 2.24. The number of hydrogen-bond donors (Lipinski definition) is 1. The van der Waals surface area contributed by atoms with Crippen molar-refractivity contribution in [3.8, 4) is 16.5 Å². The molecule has 4 rings (SSSR count). The maximum atomic E-state index is 9.54. The van der Waals surface area contributed by atoms with Crippen LogP contribution in [-0.4, -0.2) is 50.4 Å². The normalized spacial score (nSPS) is 17.7. The fraction of sp³-hybridized carbons (Fsp3) is 0.450. The summed E-state index contributed by atoms with van der Waals surface area (Å²) in [6, 6.07) is 10.1. The van der Waals surface area contributed by atoms with E-state index in [4.69, 9.17) is 4.74 Å². The second kappa shape index (κ2) is 8.81. The van der Waals surface area contributed by atoms with Crippen LogP contribution in [-0.2, 0) is 19.7 Å². The van der Waals surface area contributed by atoms with Crippen LogP contribution < -0.4 is 4.74 Å². The molecule has 1 aliphatic rings. The van der Waals surface area contributed by atoms with E-state index in [1.807, 2.05) is 29.6 Å². The SMILES string of the molecule is COc1ccc(CN2CCC[C@@H](Cn3nnc(-c4cccs4)n3)C2)cc1CO. The topological polar surface area (TPSA) is 76.3 Å². The van der Waals surface area contributed by atoms with Gasteiger partial charge in [-0.15, -0.1) is 21.5 Å². The summed E-state index contributed by atoms with van der Waals surface area (Å²) in [5, 5.41) is 24.5. The highest BCUT2D eigenvalue weighted by Gasteiger charge is 2.22. The Kier molecular flexibility index (Phi) is 5.99. The fourth-order valence-electron chi connectivity index (χ4n) is 3.81. The number of tetrazole rings is 1. The van der Waals surface area contributed by atoms with Gasteiger partial charge in [0.25, 0.3) is 0 Å². The van der Waals surface area contributed by atoms with Gasteiger partial charge >= 0.3 is 0 Å². The first-order valence-electron chi connectivity index (χ1n) is 9.56. The van der Waals surface area contributed by atoms with E-state index < -0.39 is 0 Å². The third-order valence-corrected chi connectivity index (χ3v) is 6.01. The van der Waals surface area contributed by atoms with Crippen LogP contribution in [0.15, 0.2) is 35.7 Å². The molecule has 1 N–H and O–H groups in total. The predicted octanol–water partition coefficient (Wildman–Crippen LogP) is 2.81. The van der Waals surface area contributed by atoms with Gasteiger partial charge in [-0.2, -0.15) is 4.80 Å². The molecule has 7 nitrogen and oxygen atoms in total. The number of aliphatic hydroxyl groups is 1. The summed E-state index contributed by atoms with van der Waals surface area (Å²) in [5.41, 5.74) is 2.03. The van der Waals surface area contributed by atoms with E-state index in [0.717, 1.165) is 42.4 Å². The first-order valence-corrected chi connectivity index (χ1v) is 10.4. The van der Waals surface area contributed by atoms with Crippen molar-refractivity contribution in [2.24, 2.45) is 5.92 Å². The van der Waals surface area contributed by atoms with Crippen LogP contribution in [0.5, 0.6) is 5.75 Å². The number of piperidine rings is 1.